The fourth-order valence-corrected chi connectivity index (χ4v) is 3.20. The molecule has 0 radical (unpaired) electrons. The number of para-hydroxylation sites is 1. The Morgan fingerprint density at radius 3 is 2.61 bits per heavy atom. The van der Waals surface area contributed by atoms with Crippen LogP contribution in [0, 0.1) is 5.82 Å². The van der Waals surface area contributed by atoms with Gasteiger partial charge in [-0.05, 0) is 35.7 Å². The highest BCUT2D eigenvalue weighted by Gasteiger charge is 2.23. The lowest BCUT2D eigenvalue weighted by molar-refractivity contribution is 0.435. The summed E-state index contributed by atoms with van der Waals surface area (Å²) >= 11 is 0. The van der Waals surface area contributed by atoms with Gasteiger partial charge in [0.15, 0.2) is 11.6 Å². The Bertz CT molecular complexity index is 1120. The third-order valence-electron chi connectivity index (χ3n) is 4.23. The number of rotatable bonds is 0. The molecule has 5 rings (SSSR count). The molecule has 0 saturated carbocycles. The Morgan fingerprint density at radius 1 is 0.870 bits per heavy atom. The zero-order valence-electron chi connectivity index (χ0n) is 11.9. The number of hydrogen-bond donors (Lipinski definition) is 1. The van der Waals surface area contributed by atoms with Crippen molar-refractivity contribution in [3.8, 4) is 28.5 Å². The van der Waals surface area contributed by atoms with Gasteiger partial charge in [-0.3, -0.25) is 0 Å². The van der Waals surface area contributed by atoms with Crippen LogP contribution < -0.4 is 4.74 Å². The molecule has 3 aromatic carbocycles. The quantitative estimate of drug-likeness (QED) is 0.409. The molecule has 0 saturated heterocycles. The average Bonchev–Trinajstić information content (AvgIpc) is 2.58. The van der Waals surface area contributed by atoms with Gasteiger partial charge in [0.1, 0.15) is 17.0 Å². The molecule has 4 heteroatoms. The second-order valence-electron chi connectivity index (χ2n) is 5.53. The molecule has 0 aliphatic carbocycles. The zero-order valence-corrected chi connectivity index (χ0v) is 11.9. The maximum absolute atomic E-state index is 14.4. The number of aromatic hydroxyl groups is 1. The van der Waals surface area contributed by atoms with E-state index >= 15 is 0 Å². The predicted molar refractivity (Wildman–Crippen MR) is 86.4 cm³/mol. The summed E-state index contributed by atoms with van der Waals surface area (Å²) < 4.78 is 20.4. The summed E-state index contributed by atoms with van der Waals surface area (Å²) in [5.41, 5.74) is 1.66. The topological polar surface area (TPSA) is 42.4 Å². The molecule has 2 heterocycles. The number of halogens is 1. The molecular weight excluding hydrogens is 293 g/mol. The summed E-state index contributed by atoms with van der Waals surface area (Å²) in [6, 6.07) is 16.3. The maximum atomic E-state index is 14.4. The van der Waals surface area contributed by atoms with Crippen molar-refractivity contribution in [2.75, 3.05) is 0 Å². The third kappa shape index (κ3) is 1.55. The molecule has 0 fully saturated rings. The lowest BCUT2D eigenvalue weighted by Crippen LogP contribution is -2.00. The van der Waals surface area contributed by atoms with Crippen LogP contribution in [0.15, 0.2) is 54.6 Å². The summed E-state index contributed by atoms with van der Waals surface area (Å²) in [7, 11) is 0. The van der Waals surface area contributed by atoms with E-state index < -0.39 is 11.6 Å². The van der Waals surface area contributed by atoms with E-state index in [1.54, 1.807) is 6.07 Å². The first-order valence-electron chi connectivity index (χ1n) is 7.25. The normalized spacial score (nSPS) is 12.2. The van der Waals surface area contributed by atoms with Crippen molar-refractivity contribution < 1.29 is 14.2 Å². The Balaban J connectivity index is 2.06. The van der Waals surface area contributed by atoms with Gasteiger partial charge in [-0.2, -0.15) is 0 Å². The van der Waals surface area contributed by atoms with E-state index in [0.29, 0.717) is 22.6 Å². The minimum atomic E-state index is -0.699. The Morgan fingerprint density at radius 2 is 1.70 bits per heavy atom. The van der Waals surface area contributed by atoms with E-state index in [1.807, 2.05) is 42.5 Å². The van der Waals surface area contributed by atoms with Gasteiger partial charge in [0.05, 0.1) is 11.1 Å². The van der Waals surface area contributed by atoms with E-state index in [-0.39, 0.29) is 5.52 Å². The van der Waals surface area contributed by atoms with Crippen LogP contribution >= 0.6 is 0 Å². The molecule has 0 spiro atoms. The van der Waals surface area contributed by atoms with Gasteiger partial charge < -0.3 is 9.84 Å². The molecule has 1 aliphatic heterocycles. The van der Waals surface area contributed by atoms with Crippen LogP contribution in [0.25, 0.3) is 32.9 Å². The van der Waals surface area contributed by atoms with Gasteiger partial charge in [0.25, 0.3) is 0 Å². The summed E-state index contributed by atoms with van der Waals surface area (Å²) in [5.74, 6) is 0.307. The number of fused-ring (bicyclic) bond motifs is 4. The fraction of sp³-hybridized carbons (Fsp3) is 0. The average molecular weight is 303 g/mol. The molecule has 1 N–H and O–H groups in total. The Labute approximate surface area is 130 Å². The monoisotopic (exact) mass is 303 g/mol. The van der Waals surface area contributed by atoms with Crippen LogP contribution in [-0.4, -0.2) is 10.1 Å². The summed E-state index contributed by atoms with van der Waals surface area (Å²) in [6.07, 6.45) is 0. The van der Waals surface area contributed by atoms with E-state index in [1.165, 1.54) is 6.07 Å². The van der Waals surface area contributed by atoms with Crippen LogP contribution in [0.3, 0.4) is 0 Å². The van der Waals surface area contributed by atoms with Crippen molar-refractivity contribution in [1.82, 2.24) is 4.98 Å². The van der Waals surface area contributed by atoms with Crippen LogP contribution in [0.1, 0.15) is 0 Å². The standard InChI is InChI=1S/C19H10FNO2/c20-17-13(22)9-8-11-10-5-3-7-15-16(10)18(21-19(11)17)12-4-1-2-6-14(12)23-15/h1-9,22H. The highest BCUT2D eigenvalue weighted by atomic mass is 19.1. The highest BCUT2D eigenvalue weighted by molar-refractivity contribution is 6.14. The van der Waals surface area contributed by atoms with Gasteiger partial charge in [0.2, 0.25) is 0 Å². The molecule has 1 aliphatic rings. The van der Waals surface area contributed by atoms with Crippen molar-refractivity contribution in [3.63, 3.8) is 0 Å². The van der Waals surface area contributed by atoms with Gasteiger partial charge >= 0.3 is 0 Å². The Kier molecular flexibility index (Phi) is 2.26. The predicted octanol–water partition coefficient (Wildman–Crippen LogP) is 5.01. The van der Waals surface area contributed by atoms with Crippen LogP contribution in [0.2, 0.25) is 0 Å². The number of nitrogens with zero attached hydrogens (tertiary/aromatic N) is 1. The van der Waals surface area contributed by atoms with Crippen LogP contribution in [0.5, 0.6) is 17.2 Å². The molecule has 23 heavy (non-hydrogen) atoms. The van der Waals surface area contributed by atoms with Gasteiger partial charge in [-0.25, -0.2) is 9.37 Å². The number of hydrogen-bond acceptors (Lipinski definition) is 3. The SMILES string of the molecule is Oc1ccc2c(nc3c4c(cccc42)Oc2ccccc2-3)c1F. The minimum Gasteiger partial charge on any atom is -0.505 e. The van der Waals surface area contributed by atoms with Crippen molar-refractivity contribution in [2.45, 2.75) is 0 Å². The van der Waals surface area contributed by atoms with Crippen molar-refractivity contribution in [1.29, 1.82) is 0 Å². The number of phenols is 1. The van der Waals surface area contributed by atoms with Crippen LogP contribution in [0.4, 0.5) is 4.39 Å². The lowest BCUT2D eigenvalue weighted by atomic mass is 9.97. The molecule has 0 amide bonds. The summed E-state index contributed by atoms with van der Waals surface area (Å²) in [6.45, 7) is 0. The first-order valence-corrected chi connectivity index (χ1v) is 7.25. The second kappa shape index (κ2) is 4.20. The first-order chi connectivity index (χ1) is 11.2. The van der Waals surface area contributed by atoms with E-state index in [9.17, 15) is 9.50 Å². The lowest BCUT2D eigenvalue weighted by Gasteiger charge is -2.21. The number of pyridine rings is 1. The Hall–Kier alpha value is -3.14. The molecule has 0 unspecified atom stereocenters. The molecular formula is C19H10FNO2. The van der Waals surface area contributed by atoms with E-state index in [4.69, 9.17) is 4.74 Å². The van der Waals surface area contributed by atoms with Crippen molar-refractivity contribution in [2.24, 2.45) is 0 Å². The minimum absolute atomic E-state index is 0.168. The van der Waals surface area contributed by atoms with Gasteiger partial charge in [-0.15, -0.1) is 0 Å². The van der Waals surface area contributed by atoms with E-state index in [2.05, 4.69) is 4.98 Å². The molecule has 110 valence electrons. The summed E-state index contributed by atoms with van der Waals surface area (Å²) in [5, 5.41) is 12.1. The van der Waals surface area contributed by atoms with Crippen molar-refractivity contribution >= 4 is 21.7 Å². The molecule has 0 atom stereocenters. The number of phenolic OH excluding ortho intramolecular Hbond substituents is 1. The fourth-order valence-electron chi connectivity index (χ4n) is 3.20. The maximum Gasteiger partial charge on any atom is 0.190 e. The highest BCUT2D eigenvalue weighted by Crippen LogP contribution is 2.47. The zero-order chi connectivity index (χ0) is 15.6. The smallest absolute Gasteiger partial charge is 0.190 e. The molecule has 4 aromatic rings. The summed E-state index contributed by atoms with van der Waals surface area (Å²) in [4.78, 5) is 4.52. The number of aromatic nitrogens is 1. The van der Waals surface area contributed by atoms with E-state index in [0.717, 1.165) is 16.3 Å². The molecule has 3 nitrogen and oxygen atoms in total. The largest absolute Gasteiger partial charge is 0.505 e. The molecule has 0 bridgehead atoms. The second-order valence-corrected chi connectivity index (χ2v) is 5.53. The van der Waals surface area contributed by atoms with Gasteiger partial charge in [-0.1, -0.05) is 24.3 Å². The number of benzene rings is 3. The van der Waals surface area contributed by atoms with Crippen LogP contribution in [-0.2, 0) is 0 Å². The third-order valence-corrected chi connectivity index (χ3v) is 4.23. The first kappa shape index (κ1) is 12.4. The molecule has 1 aromatic heterocycles. The van der Waals surface area contributed by atoms with Crippen molar-refractivity contribution in [3.05, 3.63) is 60.4 Å². The van der Waals surface area contributed by atoms with Gasteiger partial charge in [0, 0.05) is 10.9 Å². The number of ether oxygens (including phenoxy) is 1.